The van der Waals surface area contributed by atoms with Crippen molar-refractivity contribution in [3.8, 4) is 0 Å². The van der Waals surface area contributed by atoms with Crippen LogP contribution in [0.5, 0.6) is 0 Å². The molecule has 5 rings (SSSR count). The van der Waals surface area contributed by atoms with Crippen molar-refractivity contribution in [1.82, 2.24) is 14.8 Å². The molecule has 0 aliphatic carbocycles. The van der Waals surface area contributed by atoms with E-state index in [1.807, 2.05) is 61.5 Å². The zero-order chi connectivity index (χ0) is 28.0. The summed E-state index contributed by atoms with van der Waals surface area (Å²) in [6.45, 7) is 9.95. The Morgan fingerprint density at radius 3 is 2.28 bits per heavy atom. The second-order valence-electron chi connectivity index (χ2n) is 9.76. The molecule has 0 saturated carbocycles. The Hall–Kier alpha value is -3.74. The fourth-order valence-corrected chi connectivity index (χ4v) is 4.45. The summed E-state index contributed by atoms with van der Waals surface area (Å²) in [6, 6.07) is 28.8. The number of carbonyl (C=O) groups excluding carboxylic acids is 1. The van der Waals surface area contributed by atoms with Crippen molar-refractivity contribution in [1.29, 1.82) is 0 Å². The number of pyridine rings is 1. The predicted octanol–water partition coefficient (Wildman–Crippen LogP) is 6.01. The first-order chi connectivity index (χ1) is 19.0. The van der Waals surface area contributed by atoms with Gasteiger partial charge >= 0.3 is 0 Å². The zero-order valence-electron chi connectivity index (χ0n) is 23.7. The predicted molar refractivity (Wildman–Crippen MR) is 162 cm³/mol. The van der Waals surface area contributed by atoms with Gasteiger partial charge in [0.2, 0.25) is 0 Å². The van der Waals surface area contributed by atoms with E-state index in [0.29, 0.717) is 12.6 Å². The Bertz CT molecular complexity index is 1270. The Morgan fingerprint density at radius 1 is 0.974 bits per heavy atom. The van der Waals surface area contributed by atoms with Gasteiger partial charge in [0.15, 0.2) is 0 Å². The molecule has 6 nitrogen and oxygen atoms in total. The van der Waals surface area contributed by atoms with Crippen molar-refractivity contribution in [2.24, 2.45) is 0 Å². The summed E-state index contributed by atoms with van der Waals surface area (Å²) in [6.07, 6.45) is 2.70. The molecule has 3 aromatic carbocycles. The van der Waals surface area contributed by atoms with Crippen LogP contribution >= 0.6 is 0 Å². The van der Waals surface area contributed by atoms with Gasteiger partial charge < -0.3 is 15.3 Å². The van der Waals surface area contributed by atoms with Gasteiger partial charge in [-0.1, -0.05) is 61.5 Å². The number of nitrogens with zero attached hydrogens (tertiary/aromatic N) is 3. The molecule has 0 bridgehead atoms. The SMILES string of the molecule is CCCO.CNc1ccc(C(=O)N2CCN(Cc3ccccc3)C(C)C2)cc1.Cc1cccc2cccnc12. The van der Waals surface area contributed by atoms with Crippen LogP contribution in [0.25, 0.3) is 10.9 Å². The van der Waals surface area contributed by atoms with E-state index >= 15 is 0 Å². The minimum atomic E-state index is 0.129. The quantitative estimate of drug-likeness (QED) is 0.334. The highest BCUT2D eigenvalue weighted by atomic mass is 16.2. The van der Waals surface area contributed by atoms with Crippen LogP contribution < -0.4 is 5.32 Å². The summed E-state index contributed by atoms with van der Waals surface area (Å²) >= 11 is 0. The monoisotopic (exact) mass is 526 g/mol. The van der Waals surface area contributed by atoms with E-state index in [2.05, 4.69) is 77.6 Å². The van der Waals surface area contributed by atoms with Gasteiger partial charge in [-0.25, -0.2) is 0 Å². The molecule has 1 aliphatic rings. The third kappa shape index (κ3) is 8.91. The summed E-state index contributed by atoms with van der Waals surface area (Å²) in [7, 11) is 1.88. The van der Waals surface area contributed by atoms with Crippen LogP contribution in [0.4, 0.5) is 5.69 Å². The molecule has 1 aromatic heterocycles. The second kappa shape index (κ2) is 15.6. The first-order valence-electron chi connectivity index (χ1n) is 13.7. The van der Waals surface area contributed by atoms with E-state index < -0.39 is 0 Å². The average Bonchev–Trinajstić information content (AvgIpc) is 2.99. The number of aromatic nitrogens is 1. The van der Waals surface area contributed by atoms with Gasteiger partial charge in [0.25, 0.3) is 5.91 Å². The molecule has 2 heterocycles. The lowest BCUT2D eigenvalue weighted by Gasteiger charge is -2.40. The summed E-state index contributed by atoms with van der Waals surface area (Å²) in [5, 5.41) is 12.2. The maximum atomic E-state index is 12.7. The molecule has 1 unspecified atom stereocenters. The van der Waals surface area contributed by atoms with Gasteiger partial charge in [-0.15, -0.1) is 0 Å². The van der Waals surface area contributed by atoms with E-state index in [1.165, 1.54) is 16.5 Å². The van der Waals surface area contributed by atoms with E-state index in [9.17, 15) is 4.79 Å². The lowest BCUT2D eigenvalue weighted by Crippen LogP contribution is -2.53. The van der Waals surface area contributed by atoms with Crippen LogP contribution in [-0.4, -0.2) is 65.1 Å². The summed E-state index contributed by atoms with van der Waals surface area (Å²) in [5.41, 5.74) is 5.45. The number of piperazine rings is 1. The number of hydrogen-bond donors (Lipinski definition) is 2. The molecule has 0 spiro atoms. The minimum absolute atomic E-state index is 0.129. The van der Waals surface area contributed by atoms with Crippen LogP contribution in [0.15, 0.2) is 91.1 Å². The average molecular weight is 527 g/mol. The van der Waals surface area contributed by atoms with Crippen molar-refractivity contribution in [2.75, 3.05) is 38.6 Å². The van der Waals surface area contributed by atoms with Crippen LogP contribution in [0.3, 0.4) is 0 Å². The topological polar surface area (TPSA) is 68.7 Å². The van der Waals surface area contributed by atoms with Crippen molar-refractivity contribution in [2.45, 2.75) is 39.8 Å². The minimum Gasteiger partial charge on any atom is -0.396 e. The number of aliphatic hydroxyl groups is 1. The van der Waals surface area contributed by atoms with Crippen LogP contribution in [0, 0.1) is 6.92 Å². The van der Waals surface area contributed by atoms with Crippen molar-refractivity contribution >= 4 is 22.5 Å². The van der Waals surface area contributed by atoms with Crippen LogP contribution in [0.2, 0.25) is 0 Å². The zero-order valence-corrected chi connectivity index (χ0v) is 23.7. The number of rotatable bonds is 5. The largest absolute Gasteiger partial charge is 0.396 e. The highest BCUT2D eigenvalue weighted by Crippen LogP contribution is 2.17. The van der Waals surface area contributed by atoms with Gasteiger partial charge in [-0.05, 0) is 61.7 Å². The second-order valence-corrected chi connectivity index (χ2v) is 9.76. The van der Waals surface area contributed by atoms with Gasteiger partial charge in [-0.2, -0.15) is 0 Å². The fourth-order valence-electron chi connectivity index (χ4n) is 4.45. The maximum Gasteiger partial charge on any atom is 0.253 e. The number of hydrogen-bond acceptors (Lipinski definition) is 5. The lowest BCUT2D eigenvalue weighted by molar-refractivity contribution is 0.0495. The summed E-state index contributed by atoms with van der Waals surface area (Å²) in [4.78, 5) is 21.4. The molecule has 1 atom stereocenters. The lowest BCUT2D eigenvalue weighted by atomic mass is 10.1. The Balaban J connectivity index is 0.000000230. The molecule has 6 heteroatoms. The number of aliphatic hydroxyl groups excluding tert-OH is 1. The van der Waals surface area contributed by atoms with E-state index in [0.717, 1.165) is 49.4 Å². The number of aryl methyl sites for hydroxylation is 1. The number of amides is 1. The maximum absolute atomic E-state index is 12.7. The number of nitrogens with one attached hydrogen (secondary N) is 1. The first kappa shape index (κ1) is 29.8. The smallest absolute Gasteiger partial charge is 0.253 e. The van der Waals surface area contributed by atoms with Crippen molar-refractivity contribution in [3.05, 3.63) is 108 Å². The van der Waals surface area contributed by atoms with Crippen LogP contribution in [-0.2, 0) is 6.54 Å². The molecule has 0 radical (unpaired) electrons. The highest BCUT2D eigenvalue weighted by molar-refractivity contribution is 5.94. The first-order valence-corrected chi connectivity index (χ1v) is 13.7. The Morgan fingerprint density at radius 2 is 1.67 bits per heavy atom. The molecule has 39 heavy (non-hydrogen) atoms. The molecule has 4 aromatic rings. The van der Waals surface area contributed by atoms with E-state index in [-0.39, 0.29) is 5.91 Å². The molecule has 1 saturated heterocycles. The van der Waals surface area contributed by atoms with Crippen molar-refractivity contribution in [3.63, 3.8) is 0 Å². The standard InChI is InChI=1S/C20H25N3O.C10H9N.C3H8O/c1-16-14-23(20(24)18-8-10-19(21-2)11-9-18)13-12-22(16)15-17-6-4-3-5-7-17;1-8-4-2-5-9-6-3-7-11-10(8)9;1-2-3-4/h3-11,16,21H,12-15H2,1-2H3;2-7H,1H3;4H,2-3H2,1H3. The summed E-state index contributed by atoms with van der Waals surface area (Å²) < 4.78 is 0. The van der Waals surface area contributed by atoms with E-state index in [1.54, 1.807) is 0 Å². The molecule has 1 fully saturated rings. The van der Waals surface area contributed by atoms with Gasteiger partial charge in [-0.3, -0.25) is 14.7 Å². The Kier molecular flexibility index (Phi) is 11.9. The third-order valence-electron chi connectivity index (χ3n) is 6.76. The number of para-hydroxylation sites is 1. The molecule has 206 valence electrons. The van der Waals surface area contributed by atoms with Gasteiger partial charge in [0.1, 0.15) is 0 Å². The van der Waals surface area contributed by atoms with E-state index in [4.69, 9.17) is 5.11 Å². The molecule has 2 N–H and O–H groups in total. The van der Waals surface area contributed by atoms with Crippen molar-refractivity contribution < 1.29 is 9.90 Å². The molecule has 1 aliphatic heterocycles. The number of benzene rings is 3. The number of carbonyl (C=O) groups is 1. The molecular formula is C33H42N4O2. The number of fused-ring (bicyclic) bond motifs is 1. The highest BCUT2D eigenvalue weighted by Gasteiger charge is 2.27. The number of anilines is 1. The molecular weight excluding hydrogens is 484 g/mol. The third-order valence-corrected chi connectivity index (χ3v) is 6.76. The van der Waals surface area contributed by atoms with Gasteiger partial charge in [0.05, 0.1) is 5.52 Å². The normalized spacial score (nSPS) is 15.0. The Labute approximate surface area is 233 Å². The van der Waals surface area contributed by atoms with Gasteiger partial charge in [0, 0.05) is 68.7 Å². The molecule has 1 amide bonds. The van der Waals surface area contributed by atoms with Crippen LogP contribution in [0.1, 0.15) is 41.8 Å². The summed E-state index contributed by atoms with van der Waals surface area (Å²) in [5.74, 6) is 0.129. The fraction of sp³-hybridized carbons (Fsp3) is 0.333.